The van der Waals surface area contributed by atoms with E-state index in [-0.39, 0.29) is 48.9 Å². The van der Waals surface area contributed by atoms with Gasteiger partial charge in [-0.2, -0.15) is 8.78 Å². The van der Waals surface area contributed by atoms with Gasteiger partial charge in [-0.1, -0.05) is 96.6 Å². The highest BCUT2D eigenvalue weighted by molar-refractivity contribution is 7.58. The molecule has 2 aliphatic rings. The molecule has 1 unspecified atom stereocenters. The summed E-state index contributed by atoms with van der Waals surface area (Å²) in [5.41, 5.74) is 0.881. The Morgan fingerprint density at radius 3 is 1.48 bits per heavy atom. The monoisotopic (exact) mass is 752 g/mol. The third-order valence-electron chi connectivity index (χ3n) is 11.8. The van der Waals surface area contributed by atoms with Gasteiger partial charge in [-0.05, 0) is 111 Å². The standard InChI is InChI=1S/C43H65F4O4P/c1-3-5-10-14-32-16-20-34(21-17-32)36-24-26-38(42(46)40(36)44)50-28-12-8-7-9-13-30-52(48,49)31-29-51-39-27-25-37(41(45)43(39)47)35-22-18-33(19-23-35)15-11-6-4-2/h24-27,32-35H,3-23,28-31H2,1-2H3,(H,48,49). The van der Waals surface area contributed by atoms with Crippen LogP contribution in [-0.2, 0) is 4.57 Å². The minimum absolute atomic E-state index is 0.0142. The zero-order valence-corrected chi connectivity index (χ0v) is 32.8. The Morgan fingerprint density at radius 1 is 0.558 bits per heavy atom. The molecule has 9 heteroatoms. The van der Waals surface area contributed by atoms with Gasteiger partial charge in [0.1, 0.15) is 0 Å². The fourth-order valence-corrected chi connectivity index (χ4v) is 9.74. The van der Waals surface area contributed by atoms with Crippen LogP contribution in [0.15, 0.2) is 24.3 Å². The van der Waals surface area contributed by atoms with Crippen molar-refractivity contribution >= 4 is 7.37 Å². The SMILES string of the molecule is CCCCCC1CCC(c2ccc(OCCCCCCCP(=O)(O)CCOc3ccc(C4CCC(CCCCC)CC4)c(F)c3F)c(F)c2F)CC1. The van der Waals surface area contributed by atoms with E-state index < -0.39 is 30.6 Å². The van der Waals surface area contributed by atoms with Gasteiger partial charge in [0.2, 0.25) is 19.0 Å². The zero-order valence-electron chi connectivity index (χ0n) is 31.9. The molecule has 0 spiro atoms. The summed E-state index contributed by atoms with van der Waals surface area (Å²) in [5.74, 6) is -2.35. The van der Waals surface area contributed by atoms with E-state index in [2.05, 4.69) is 13.8 Å². The van der Waals surface area contributed by atoms with Crippen LogP contribution in [0.1, 0.15) is 172 Å². The van der Waals surface area contributed by atoms with E-state index in [1.54, 1.807) is 18.2 Å². The van der Waals surface area contributed by atoms with Crippen molar-refractivity contribution in [1.82, 2.24) is 0 Å². The summed E-state index contributed by atoms with van der Waals surface area (Å²) in [6.07, 6.45) is 21.2. The molecule has 0 aromatic heterocycles. The molecule has 0 aliphatic heterocycles. The number of benzene rings is 2. The van der Waals surface area contributed by atoms with Gasteiger partial charge in [0.25, 0.3) is 0 Å². The summed E-state index contributed by atoms with van der Waals surface area (Å²) in [6, 6.07) is 6.32. The van der Waals surface area contributed by atoms with E-state index in [0.717, 1.165) is 70.6 Å². The molecule has 294 valence electrons. The van der Waals surface area contributed by atoms with Gasteiger partial charge < -0.3 is 14.4 Å². The Bertz CT molecular complexity index is 1390. The number of halogens is 4. The Kier molecular flexibility index (Phi) is 18.4. The van der Waals surface area contributed by atoms with Crippen molar-refractivity contribution in [1.29, 1.82) is 0 Å². The molecule has 0 radical (unpaired) electrons. The van der Waals surface area contributed by atoms with Crippen LogP contribution in [0.3, 0.4) is 0 Å². The van der Waals surface area contributed by atoms with Gasteiger partial charge in [-0.15, -0.1) is 0 Å². The third kappa shape index (κ3) is 13.4. The maximum Gasteiger partial charge on any atom is 0.204 e. The van der Waals surface area contributed by atoms with Gasteiger partial charge in [0, 0.05) is 6.16 Å². The Balaban J connectivity index is 1.07. The molecule has 0 bridgehead atoms. The first kappa shape index (κ1) is 42.7. The highest BCUT2D eigenvalue weighted by Gasteiger charge is 2.28. The number of rotatable bonds is 23. The van der Waals surface area contributed by atoms with Crippen LogP contribution in [-0.4, -0.2) is 30.4 Å². The third-order valence-corrected chi connectivity index (χ3v) is 13.7. The lowest BCUT2D eigenvalue weighted by molar-refractivity contribution is 0.279. The Labute approximate surface area is 311 Å². The fourth-order valence-electron chi connectivity index (χ4n) is 8.42. The number of hydrogen-bond acceptors (Lipinski definition) is 3. The molecule has 4 rings (SSSR count). The normalized spacial score (nSPS) is 21.9. The van der Waals surface area contributed by atoms with Crippen LogP contribution in [0.5, 0.6) is 11.5 Å². The summed E-state index contributed by atoms with van der Waals surface area (Å²) >= 11 is 0. The summed E-state index contributed by atoms with van der Waals surface area (Å²) in [5, 5.41) is 0. The van der Waals surface area contributed by atoms with Crippen molar-refractivity contribution in [3.8, 4) is 11.5 Å². The minimum Gasteiger partial charge on any atom is -0.490 e. The molecule has 52 heavy (non-hydrogen) atoms. The van der Waals surface area contributed by atoms with Gasteiger partial charge in [-0.3, -0.25) is 4.57 Å². The summed E-state index contributed by atoms with van der Waals surface area (Å²) in [4.78, 5) is 10.4. The molecule has 0 heterocycles. The van der Waals surface area contributed by atoms with Crippen LogP contribution in [0.25, 0.3) is 0 Å². The molecule has 2 fully saturated rings. The summed E-state index contributed by atoms with van der Waals surface area (Å²) < 4.78 is 83.4. The molecular weight excluding hydrogens is 687 g/mol. The highest BCUT2D eigenvalue weighted by Crippen LogP contribution is 2.43. The van der Waals surface area contributed by atoms with Crippen molar-refractivity contribution in [3.63, 3.8) is 0 Å². The Hall–Kier alpha value is -2.05. The predicted octanol–water partition coefficient (Wildman–Crippen LogP) is 13.6. The molecule has 4 nitrogen and oxygen atoms in total. The number of hydrogen-bond donors (Lipinski definition) is 1. The lowest BCUT2D eigenvalue weighted by Crippen LogP contribution is -2.15. The first-order valence-corrected chi connectivity index (χ1v) is 22.7. The predicted molar refractivity (Wildman–Crippen MR) is 204 cm³/mol. The van der Waals surface area contributed by atoms with Crippen LogP contribution >= 0.6 is 7.37 Å². The maximum absolute atomic E-state index is 15.0. The lowest BCUT2D eigenvalue weighted by atomic mass is 9.77. The molecule has 2 aromatic carbocycles. The summed E-state index contributed by atoms with van der Waals surface area (Å²) in [7, 11) is -3.48. The molecular formula is C43H65F4O4P. The van der Waals surface area contributed by atoms with Gasteiger partial charge in [-0.25, -0.2) is 8.78 Å². The van der Waals surface area contributed by atoms with Gasteiger partial charge in [0.15, 0.2) is 23.1 Å². The minimum atomic E-state index is -3.48. The van der Waals surface area contributed by atoms with Crippen molar-refractivity contribution < 1.29 is 36.5 Å². The van der Waals surface area contributed by atoms with Crippen LogP contribution < -0.4 is 9.47 Å². The van der Waals surface area contributed by atoms with Crippen LogP contribution in [0.2, 0.25) is 0 Å². The van der Waals surface area contributed by atoms with Crippen molar-refractivity contribution in [2.24, 2.45) is 11.8 Å². The number of unbranched alkanes of at least 4 members (excludes halogenated alkanes) is 8. The second-order valence-electron chi connectivity index (χ2n) is 15.7. The van der Waals surface area contributed by atoms with Crippen LogP contribution in [0, 0.1) is 35.1 Å². The molecule has 0 saturated heterocycles. The highest BCUT2D eigenvalue weighted by atomic mass is 31.2. The molecule has 2 saturated carbocycles. The second-order valence-corrected chi connectivity index (χ2v) is 18.3. The fraction of sp³-hybridized carbons (Fsp3) is 0.721. The topological polar surface area (TPSA) is 55.8 Å². The van der Waals surface area contributed by atoms with Crippen molar-refractivity contribution in [2.75, 3.05) is 25.5 Å². The first-order valence-electron chi connectivity index (χ1n) is 20.7. The average Bonchev–Trinajstić information content (AvgIpc) is 3.14. The maximum atomic E-state index is 15.0. The molecule has 2 aliphatic carbocycles. The lowest BCUT2D eigenvalue weighted by Gasteiger charge is -2.29. The van der Waals surface area contributed by atoms with E-state index in [1.165, 1.54) is 57.4 Å². The Morgan fingerprint density at radius 2 is 1.00 bits per heavy atom. The number of ether oxygens (including phenoxy) is 2. The molecule has 1 N–H and O–H groups in total. The summed E-state index contributed by atoms with van der Waals surface area (Å²) in [6.45, 7) is 4.51. The van der Waals surface area contributed by atoms with Gasteiger partial charge in [0.05, 0.1) is 19.4 Å². The average molecular weight is 753 g/mol. The molecule has 2 aromatic rings. The smallest absolute Gasteiger partial charge is 0.204 e. The van der Waals surface area contributed by atoms with E-state index in [1.807, 2.05) is 0 Å². The largest absolute Gasteiger partial charge is 0.490 e. The quantitative estimate of drug-likeness (QED) is 0.0698. The van der Waals surface area contributed by atoms with Gasteiger partial charge >= 0.3 is 0 Å². The molecule has 1 atom stereocenters. The van der Waals surface area contributed by atoms with Crippen LogP contribution in [0.4, 0.5) is 17.6 Å². The second kappa shape index (κ2) is 22.4. The first-order chi connectivity index (χ1) is 25.1. The van der Waals surface area contributed by atoms with E-state index >= 15 is 4.39 Å². The van der Waals surface area contributed by atoms with E-state index in [0.29, 0.717) is 35.8 Å². The zero-order chi connectivity index (χ0) is 37.3. The molecule has 0 amide bonds. The van der Waals surface area contributed by atoms with Crippen molar-refractivity contribution in [3.05, 3.63) is 58.7 Å². The van der Waals surface area contributed by atoms with E-state index in [4.69, 9.17) is 9.47 Å². The van der Waals surface area contributed by atoms with Crippen molar-refractivity contribution in [2.45, 2.75) is 161 Å². The van der Waals surface area contributed by atoms with E-state index in [9.17, 15) is 22.6 Å².